The van der Waals surface area contributed by atoms with Gasteiger partial charge in [0.15, 0.2) is 0 Å². The van der Waals surface area contributed by atoms with E-state index in [2.05, 4.69) is 12.2 Å². The summed E-state index contributed by atoms with van der Waals surface area (Å²) >= 11 is 11.8. The monoisotopic (exact) mass is 271 g/mol. The molecule has 1 aliphatic rings. The van der Waals surface area contributed by atoms with E-state index in [-0.39, 0.29) is 11.8 Å². The number of nitrogens with one attached hydrogen (secondary N) is 1. The Morgan fingerprint density at radius 1 is 1.53 bits per heavy atom. The van der Waals surface area contributed by atoms with Gasteiger partial charge in [-0.25, -0.2) is 0 Å². The number of carbonyl (C=O) groups is 1. The van der Waals surface area contributed by atoms with E-state index in [1.807, 2.05) is 25.1 Å². The molecule has 0 spiro atoms. The van der Waals surface area contributed by atoms with Crippen molar-refractivity contribution in [3.63, 3.8) is 0 Å². The van der Waals surface area contributed by atoms with Crippen LogP contribution in [0, 0.1) is 12.8 Å². The second-order valence-electron chi connectivity index (χ2n) is 4.47. The van der Waals surface area contributed by atoms with E-state index < -0.39 is 4.33 Å². The van der Waals surface area contributed by atoms with Crippen molar-refractivity contribution in [2.75, 3.05) is 5.32 Å². The van der Waals surface area contributed by atoms with Gasteiger partial charge in [0.1, 0.15) is 4.33 Å². The Morgan fingerprint density at radius 3 is 2.71 bits per heavy atom. The summed E-state index contributed by atoms with van der Waals surface area (Å²) < 4.78 is -0.862. The molecule has 0 aromatic heterocycles. The lowest BCUT2D eigenvalue weighted by Crippen LogP contribution is -2.18. The van der Waals surface area contributed by atoms with Crippen LogP contribution in [0.25, 0.3) is 0 Å². The molecule has 2 nitrogen and oxygen atoms in total. The lowest BCUT2D eigenvalue weighted by molar-refractivity contribution is -0.117. The number of rotatable bonds is 3. The fourth-order valence-electron chi connectivity index (χ4n) is 1.91. The van der Waals surface area contributed by atoms with Crippen molar-refractivity contribution < 1.29 is 4.79 Å². The number of alkyl halides is 2. The number of hydrogen-bond acceptors (Lipinski definition) is 1. The highest BCUT2D eigenvalue weighted by molar-refractivity contribution is 6.52. The third-order valence-corrected chi connectivity index (χ3v) is 3.97. The summed E-state index contributed by atoms with van der Waals surface area (Å²) in [5.41, 5.74) is 3.10. The Bertz CT molecular complexity index is 457. The topological polar surface area (TPSA) is 29.1 Å². The summed E-state index contributed by atoms with van der Waals surface area (Å²) in [6.45, 7) is 4.05. The maximum absolute atomic E-state index is 11.9. The minimum Gasteiger partial charge on any atom is -0.325 e. The van der Waals surface area contributed by atoms with Crippen molar-refractivity contribution in [2.24, 2.45) is 5.92 Å². The van der Waals surface area contributed by atoms with Crippen LogP contribution in [-0.2, 0) is 11.2 Å². The lowest BCUT2D eigenvalue weighted by atomic mass is 10.1. The first kappa shape index (κ1) is 12.7. The minimum atomic E-state index is -0.862. The molecule has 1 aromatic rings. The molecule has 1 saturated carbocycles. The van der Waals surface area contributed by atoms with Crippen LogP contribution in [0.3, 0.4) is 0 Å². The van der Waals surface area contributed by atoms with Crippen LogP contribution < -0.4 is 5.32 Å². The first-order valence-corrected chi connectivity index (χ1v) is 6.48. The van der Waals surface area contributed by atoms with E-state index in [9.17, 15) is 4.79 Å². The molecule has 1 N–H and O–H groups in total. The first-order chi connectivity index (χ1) is 7.95. The van der Waals surface area contributed by atoms with Crippen molar-refractivity contribution >= 4 is 34.8 Å². The number of hydrogen-bond donors (Lipinski definition) is 1. The smallest absolute Gasteiger partial charge is 0.230 e. The summed E-state index contributed by atoms with van der Waals surface area (Å²) in [6, 6.07) is 5.99. The molecule has 17 heavy (non-hydrogen) atoms. The van der Waals surface area contributed by atoms with E-state index >= 15 is 0 Å². The van der Waals surface area contributed by atoms with Crippen LogP contribution >= 0.6 is 23.2 Å². The normalized spacial score (nSPS) is 21.1. The second-order valence-corrected chi connectivity index (χ2v) is 6.01. The molecule has 1 amide bonds. The van der Waals surface area contributed by atoms with Gasteiger partial charge in [-0.3, -0.25) is 4.79 Å². The van der Waals surface area contributed by atoms with Gasteiger partial charge in [0, 0.05) is 5.69 Å². The van der Waals surface area contributed by atoms with Crippen molar-refractivity contribution in [2.45, 2.75) is 31.0 Å². The molecule has 0 aliphatic heterocycles. The third kappa shape index (κ3) is 2.58. The van der Waals surface area contributed by atoms with Gasteiger partial charge in [0.05, 0.1) is 5.92 Å². The lowest BCUT2D eigenvalue weighted by Gasteiger charge is -2.13. The molecule has 92 valence electrons. The second kappa shape index (κ2) is 4.51. The predicted molar refractivity (Wildman–Crippen MR) is 71.7 cm³/mol. The van der Waals surface area contributed by atoms with Gasteiger partial charge in [0.25, 0.3) is 0 Å². The van der Waals surface area contributed by atoms with Crippen LogP contribution in [0.15, 0.2) is 18.2 Å². The number of para-hydroxylation sites is 1. The molecule has 0 bridgehead atoms. The third-order valence-electron chi connectivity index (χ3n) is 3.13. The highest BCUT2D eigenvalue weighted by Gasteiger charge is 2.56. The van der Waals surface area contributed by atoms with Gasteiger partial charge in [-0.15, -0.1) is 23.2 Å². The largest absolute Gasteiger partial charge is 0.325 e. The maximum Gasteiger partial charge on any atom is 0.230 e. The van der Waals surface area contributed by atoms with E-state index in [1.165, 1.54) is 0 Å². The van der Waals surface area contributed by atoms with Crippen LogP contribution in [-0.4, -0.2) is 10.2 Å². The van der Waals surface area contributed by atoms with E-state index in [1.54, 1.807) is 0 Å². The van der Waals surface area contributed by atoms with E-state index in [0.29, 0.717) is 6.42 Å². The van der Waals surface area contributed by atoms with E-state index in [0.717, 1.165) is 23.2 Å². The van der Waals surface area contributed by atoms with Gasteiger partial charge in [-0.2, -0.15) is 0 Å². The molecule has 0 saturated heterocycles. The number of benzene rings is 1. The van der Waals surface area contributed by atoms with Crippen molar-refractivity contribution in [1.82, 2.24) is 0 Å². The zero-order valence-electron chi connectivity index (χ0n) is 9.89. The van der Waals surface area contributed by atoms with Gasteiger partial charge in [-0.1, -0.05) is 25.1 Å². The molecule has 2 rings (SSSR count). The first-order valence-electron chi connectivity index (χ1n) is 5.73. The van der Waals surface area contributed by atoms with Crippen LogP contribution in [0.1, 0.15) is 24.5 Å². The predicted octanol–water partition coefficient (Wildman–Crippen LogP) is 3.69. The highest BCUT2D eigenvalue weighted by Crippen LogP contribution is 2.53. The van der Waals surface area contributed by atoms with Gasteiger partial charge in [-0.05, 0) is 30.9 Å². The summed E-state index contributed by atoms with van der Waals surface area (Å²) in [6.07, 6.45) is 1.42. The SMILES string of the molecule is CCc1cccc(C)c1NC(=O)[C@@H]1CC1(Cl)Cl. The molecular formula is C13H15Cl2NO. The van der Waals surface area contributed by atoms with Gasteiger partial charge in [0.2, 0.25) is 5.91 Å². The maximum atomic E-state index is 11.9. The zero-order chi connectivity index (χ0) is 12.6. The fraction of sp³-hybridized carbons (Fsp3) is 0.462. The Balaban J connectivity index is 2.16. The van der Waals surface area contributed by atoms with Gasteiger partial charge >= 0.3 is 0 Å². The molecular weight excluding hydrogens is 257 g/mol. The molecule has 4 heteroatoms. The Kier molecular flexibility index (Phi) is 3.37. The molecule has 1 fully saturated rings. The molecule has 1 atom stereocenters. The Labute approximate surface area is 111 Å². The molecule has 0 heterocycles. The average Bonchev–Trinajstić information content (AvgIpc) is 2.91. The minimum absolute atomic E-state index is 0.0843. The summed E-state index contributed by atoms with van der Waals surface area (Å²) in [4.78, 5) is 11.9. The highest BCUT2D eigenvalue weighted by atomic mass is 35.5. The average molecular weight is 272 g/mol. The summed E-state index contributed by atoms with van der Waals surface area (Å²) in [5, 5.41) is 2.94. The Morgan fingerprint density at radius 2 is 2.18 bits per heavy atom. The molecule has 1 aliphatic carbocycles. The summed E-state index contributed by atoms with van der Waals surface area (Å²) in [5.74, 6) is -0.367. The molecule has 1 aromatic carbocycles. The number of carbonyl (C=O) groups excluding carboxylic acids is 1. The van der Waals surface area contributed by atoms with Crippen LogP contribution in [0.2, 0.25) is 0 Å². The van der Waals surface area contributed by atoms with Crippen molar-refractivity contribution in [1.29, 1.82) is 0 Å². The van der Waals surface area contributed by atoms with Crippen molar-refractivity contribution in [3.05, 3.63) is 29.3 Å². The van der Waals surface area contributed by atoms with Crippen LogP contribution in [0.4, 0.5) is 5.69 Å². The zero-order valence-corrected chi connectivity index (χ0v) is 11.4. The van der Waals surface area contributed by atoms with E-state index in [4.69, 9.17) is 23.2 Å². The Hall–Kier alpha value is -0.730. The fourth-order valence-corrected chi connectivity index (χ4v) is 2.42. The molecule has 0 unspecified atom stereocenters. The quantitative estimate of drug-likeness (QED) is 0.835. The van der Waals surface area contributed by atoms with Crippen LogP contribution in [0.5, 0.6) is 0 Å². The van der Waals surface area contributed by atoms with Gasteiger partial charge < -0.3 is 5.32 Å². The number of amides is 1. The number of anilines is 1. The number of halogens is 2. The number of aryl methyl sites for hydroxylation is 2. The van der Waals surface area contributed by atoms with Crippen molar-refractivity contribution in [3.8, 4) is 0 Å². The molecule has 0 radical (unpaired) electrons. The summed E-state index contributed by atoms with van der Waals surface area (Å²) in [7, 11) is 0. The standard InChI is InChI=1S/C13H15Cl2NO/c1-3-9-6-4-5-8(2)11(9)16-12(17)10-7-13(10,14)15/h4-6,10H,3,7H2,1-2H3,(H,16,17)/t10-/m0/s1.